The molecule has 9 heteroatoms. The number of rotatable bonds is 6. The maximum Gasteiger partial charge on any atom is 0.275 e. The highest BCUT2D eigenvalue weighted by atomic mass is 16.5. The lowest BCUT2D eigenvalue weighted by molar-refractivity contribution is -0.114. The fourth-order valence-electron chi connectivity index (χ4n) is 3.63. The van der Waals surface area contributed by atoms with Crippen molar-refractivity contribution >= 4 is 11.5 Å². The minimum absolute atomic E-state index is 0.0942. The summed E-state index contributed by atoms with van der Waals surface area (Å²) in [6.07, 6.45) is 0. The molecule has 0 fully saturated rings. The summed E-state index contributed by atoms with van der Waals surface area (Å²) in [5.41, 5.74) is 16.9. The first kappa shape index (κ1) is 20.8. The number of ether oxygens (including phenoxy) is 1. The van der Waals surface area contributed by atoms with Gasteiger partial charge in [0.1, 0.15) is 17.1 Å². The average molecular weight is 449 g/mol. The average Bonchev–Trinajstić information content (AvgIpc) is 3.40. The van der Waals surface area contributed by atoms with Crippen LogP contribution in [0.2, 0.25) is 0 Å². The van der Waals surface area contributed by atoms with Crippen molar-refractivity contribution in [1.29, 1.82) is 0 Å². The number of nitrogens with one attached hydrogen (secondary N) is 1. The highest BCUT2D eigenvalue weighted by Gasteiger charge is 2.19. The maximum atomic E-state index is 6.38. The van der Waals surface area contributed by atoms with E-state index in [1.165, 1.54) is 0 Å². The van der Waals surface area contributed by atoms with Crippen LogP contribution in [-0.4, -0.2) is 31.4 Å². The van der Waals surface area contributed by atoms with Crippen LogP contribution in [0, 0.1) is 0 Å². The van der Waals surface area contributed by atoms with Gasteiger partial charge in [0.25, 0.3) is 5.84 Å². The molecule has 0 aliphatic rings. The molecule has 0 aliphatic carbocycles. The molecule has 5 aromatic rings. The Morgan fingerprint density at radius 1 is 0.824 bits per heavy atom. The minimum atomic E-state index is 0.0942. The summed E-state index contributed by atoms with van der Waals surface area (Å²) in [7, 11) is 0. The van der Waals surface area contributed by atoms with Crippen molar-refractivity contribution in [2.45, 2.75) is 0 Å². The monoisotopic (exact) mass is 449 g/mol. The molecule has 3 aromatic carbocycles. The number of aromatic amines is 1. The van der Waals surface area contributed by atoms with Crippen LogP contribution in [0.1, 0.15) is 5.56 Å². The van der Waals surface area contributed by atoms with Gasteiger partial charge in [-0.2, -0.15) is 5.21 Å². The molecule has 7 N–H and O–H groups in total. The highest BCUT2D eigenvalue weighted by Crippen LogP contribution is 2.33. The first-order valence-corrected chi connectivity index (χ1v) is 10.4. The second kappa shape index (κ2) is 8.83. The predicted molar refractivity (Wildman–Crippen MR) is 129 cm³/mol. The van der Waals surface area contributed by atoms with Crippen LogP contribution in [0.3, 0.4) is 0 Å². The van der Waals surface area contributed by atoms with Crippen LogP contribution in [0.4, 0.5) is 5.69 Å². The number of benzene rings is 3. The van der Waals surface area contributed by atoms with Gasteiger partial charge >= 0.3 is 0 Å². The van der Waals surface area contributed by atoms with E-state index in [2.05, 4.69) is 20.6 Å². The predicted octanol–water partition coefficient (Wildman–Crippen LogP) is 2.43. The fourth-order valence-corrected chi connectivity index (χ4v) is 3.63. The molecular formula is C25H21N8O+. The number of hydrogen-bond acceptors (Lipinski definition) is 6. The number of hydrogen-bond donors (Lipinski definition) is 4. The SMILES string of the molecule is NC(=[NH2+])c1c(N)cc(-c2cccc(-c3nn[nH]n3)c2)nc1-c1ccc(Oc2ccccc2)cc1. The molecule has 5 rings (SSSR count). The van der Waals surface area contributed by atoms with Crippen molar-refractivity contribution in [3.8, 4) is 45.4 Å². The first-order chi connectivity index (χ1) is 16.6. The molecular weight excluding hydrogens is 428 g/mol. The van der Waals surface area contributed by atoms with Crippen LogP contribution >= 0.6 is 0 Å². The largest absolute Gasteiger partial charge is 0.457 e. The lowest BCUT2D eigenvalue weighted by Gasteiger charge is -2.13. The zero-order chi connectivity index (χ0) is 23.5. The van der Waals surface area contributed by atoms with Gasteiger partial charge in [-0.3, -0.25) is 11.1 Å². The van der Waals surface area contributed by atoms with Gasteiger partial charge in [0.15, 0.2) is 0 Å². The Labute approximate surface area is 194 Å². The Morgan fingerprint density at radius 3 is 2.26 bits per heavy atom. The van der Waals surface area contributed by atoms with Gasteiger partial charge in [0.2, 0.25) is 5.82 Å². The molecule has 2 heterocycles. The molecule has 0 radical (unpaired) electrons. The highest BCUT2D eigenvalue weighted by molar-refractivity contribution is 6.04. The molecule has 0 bridgehead atoms. The number of amidine groups is 1. The number of anilines is 1. The number of tetrazole rings is 1. The van der Waals surface area contributed by atoms with Crippen LogP contribution in [0.5, 0.6) is 11.5 Å². The van der Waals surface area contributed by atoms with Gasteiger partial charge in [-0.05, 0) is 53.7 Å². The van der Waals surface area contributed by atoms with Gasteiger partial charge < -0.3 is 10.5 Å². The summed E-state index contributed by atoms with van der Waals surface area (Å²) in [4.78, 5) is 4.87. The van der Waals surface area contributed by atoms with Crippen molar-refractivity contribution in [1.82, 2.24) is 25.6 Å². The Bertz CT molecular complexity index is 1450. The van der Waals surface area contributed by atoms with E-state index >= 15 is 0 Å². The zero-order valence-corrected chi connectivity index (χ0v) is 18.0. The Hall–Kier alpha value is -5.05. The third-order valence-corrected chi connectivity index (χ3v) is 5.21. The second-order valence-electron chi connectivity index (χ2n) is 7.53. The molecule has 0 saturated heterocycles. The molecule has 0 unspecified atom stereocenters. The van der Waals surface area contributed by atoms with Crippen LogP contribution in [0.25, 0.3) is 33.9 Å². The fraction of sp³-hybridized carbons (Fsp3) is 0. The molecule has 0 saturated carbocycles. The number of pyridine rings is 1. The van der Waals surface area contributed by atoms with Crippen molar-refractivity contribution < 1.29 is 10.1 Å². The Kier molecular flexibility index (Phi) is 5.41. The van der Waals surface area contributed by atoms with Crippen molar-refractivity contribution in [2.24, 2.45) is 5.73 Å². The Balaban J connectivity index is 1.54. The molecule has 2 aromatic heterocycles. The lowest BCUT2D eigenvalue weighted by Crippen LogP contribution is -2.47. The van der Waals surface area contributed by atoms with Crippen LogP contribution in [0.15, 0.2) is 84.9 Å². The van der Waals surface area contributed by atoms with Gasteiger partial charge in [0, 0.05) is 16.7 Å². The third-order valence-electron chi connectivity index (χ3n) is 5.21. The smallest absolute Gasteiger partial charge is 0.275 e. The summed E-state index contributed by atoms with van der Waals surface area (Å²) in [6.45, 7) is 0. The molecule has 0 aliphatic heterocycles. The molecule has 0 amide bonds. The van der Waals surface area contributed by atoms with Gasteiger partial charge in [-0.1, -0.05) is 36.4 Å². The number of aromatic nitrogens is 5. The lowest BCUT2D eigenvalue weighted by atomic mass is 10.00. The van der Waals surface area contributed by atoms with Crippen LogP contribution < -0.4 is 21.6 Å². The number of nitrogens with two attached hydrogens (primary N) is 3. The Morgan fingerprint density at radius 2 is 1.56 bits per heavy atom. The third kappa shape index (κ3) is 4.17. The summed E-state index contributed by atoms with van der Waals surface area (Å²) in [5, 5.41) is 20.1. The van der Waals surface area contributed by atoms with E-state index in [9.17, 15) is 0 Å². The topological polar surface area (TPSA) is 154 Å². The standard InChI is InChI=1S/C25H20N8O/c26-20-14-21(16-5-4-6-17(13-16)25-30-32-33-31-25)29-23(22(20)24(27)28)15-9-11-19(12-10-15)34-18-7-2-1-3-8-18/h1-14H,(H2,26,29)(H3,27,28)(H,30,31,32,33)/p+1. The summed E-state index contributed by atoms with van der Waals surface area (Å²) < 4.78 is 5.89. The van der Waals surface area contributed by atoms with Gasteiger partial charge in [-0.25, -0.2) is 4.98 Å². The van der Waals surface area contributed by atoms with E-state index in [4.69, 9.17) is 26.6 Å². The van der Waals surface area contributed by atoms with E-state index in [-0.39, 0.29) is 5.84 Å². The summed E-state index contributed by atoms with van der Waals surface area (Å²) in [6, 6.07) is 26.5. The molecule has 166 valence electrons. The minimum Gasteiger partial charge on any atom is -0.457 e. The van der Waals surface area contributed by atoms with E-state index in [0.717, 1.165) is 22.4 Å². The van der Waals surface area contributed by atoms with E-state index in [0.29, 0.717) is 34.2 Å². The van der Waals surface area contributed by atoms with E-state index in [1.54, 1.807) is 6.07 Å². The van der Waals surface area contributed by atoms with Gasteiger partial charge in [0.05, 0.1) is 17.1 Å². The first-order valence-electron chi connectivity index (χ1n) is 10.4. The second-order valence-corrected chi connectivity index (χ2v) is 7.53. The summed E-state index contributed by atoms with van der Waals surface area (Å²) >= 11 is 0. The number of nitrogen functional groups attached to an aromatic ring is 1. The number of para-hydroxylation sites is 1. The van der Waals surface area contributed by atoms with Crippen molar-refractivity contribution in [2.75, 3.05) is 5.73 Å². The zero-order valence-electron chi connectivity index (χ0n) is 18.0. The normalized spacial score (nSPS) is 10.7. The molecule has 9 nitrogen and oxygen atoms in total. The number of nitrogens with zero attached hydrogens (tertiary/aromatic N) is 4. The van der Waals surface area contributed by atoms with Gasteiger partial charge in [-0.15, -0.1) is 10.2 Å². The molecule has 0 atom stereocenters. The molecule has 34 heavy (non-hydrogen) atoms. The van der Waals surface area contributed by atoms with Crippen molar-refractivity contribution in [3.05, 3.63) is 90.5 Å². The van der Waals surface area contributed by atoms with Crippen molar-refractivity contribution in [3.63, 3.8) is 0 Å². The quantitative estimate of drug-likeness (QED) is 0.229. The number of H-pyrrole nitrogens is 1. The van der Waals surface area contributed by atoms with E-state index < -0.39 is 0 Å². The van der Waals surface area contributed by atoms with Crippen LogP contribution in [-0.2, 0) is 0 Å². The maximum absolute atomic E-state index is 6.38. The van der Waals surface area contributed by atoms with E-state index in [1.807, 2.05) is 78.9 Å². The molecule has 0 spiro atoms. The summed E-state index contributed by atoms with van der Waals surface area (Å²) in [5.74, 6) is 2.02.